The van der Waals surface area contributed by atoms with Crippen LogP contribution in [0.4, 0.5) is 0 Å². The van der Waals surface area contributed by atoms with E-state index in [4.69, 9.17) is 5.73 Å². The minimum atomic E-state index is -0.176. The fourth-order valence-electron chi connectivity index (χ4n) is 3.38. The molecule has 1 saturated carbocycles. The molecule has 21 heavy (non-hydrogen) atoms. The molecule has 0 spiro atoms. The number of carbonyl (C=O) groups is 2. The molecule has 2 aliphatic rings. The summed E-state index contributed by atoms with van der Waals surface area (Å²) < 4.78 is 0. The van der Waals surface area contributed by atoms with E-state index in [2.05, 4.69) is 12.2 Å². The van der Waals surface area contributed by atoms with E-state index in [0.717, 1.165) is 25.2 Å². The Morgan fingerprint density at radius 3 is 2.67 bits per heavy atom. The Bertz CT molecular complexity index is 376. The molecule has 2 unspecified atom stereocenters. The van der Waals surface area contributed by atoms with Gasteiger partial charge in [0.25, 0.3) is 0 Å². The number of carbonyl (C=O) groups excluding carboxylic acids is 2. The largest absolute Gasteiger partial charge is 0.356 e. The molecular formula is C16H29N3O2. The fraction of sp³-hybridized carbons (Fsp3) is 0.875. The lowest BCUT2D eigenvalue weighted by Crippen LogP contribution is -2.40. The molecule has 0 radical (unpaired) electrons. The van der Waals surface area contributed by atoms with Crippen molar-refractivity contribution in [3.05, 3.63) is 0 Å². The van der Waals surface area contributed by atoms with Gasteiger partial charge in [-0.1, -0.05) is 6.92 Å². The normalized spacial score (nSPS) is 31.3. The van der Waals surface area contributed by atoms with E-state index in [-0.39, 0.29) is 23.8 Å². The standard InChI is InChI=1S/C16H29N3O2/c1-11-3-5-14(6-4-11)19-10-13(9-15(19)20)16(21)18-8-7-12(2)17/h11-14H,3-10,17H2,1-2H3,(H,18,21). The van der Waals surface area contributed by atoms with Crippen molar-refractivity contribution >= 4 is 11.8 Å². The second-order valence-corrected chi connectivity index (χ2v) is 6.92. The number of likely N-dealkylation sites (tertiary alicyclic amines) is 1. The minimum absolute atomic E-state index is 0.00989. The van der Waals surface area contributed by atoms with Crippen molar-refractivity contribution in [2.24, 2.45) is 17.6 Å². The van der Waals surface area contributed by atoms with Crippen molar-refractivity contribution in [3.8, 4) is 0 Å². The van der Waals surface area contributed by atoms with Crippen LogP contribution in [0.3, 0.4) is 0 Å². The van der Waals surface area contributed by atoms with Gasteiger partial charge in [0.1, 0.15) is 0 Å². The molecule has 0 aromatic carbocycles. The lowest BCUT2D eigenvalue weighted by molar-refractivity contribution is -0.130. The molecule has 5 nitrogen and oxygen atoms in total. The topological polar surface area (TPSA) is 75.4 Å². The zero-order valence-electron chi connectivity index (χ0n) is 13.3. The Hall–Kier alpha value is -1.10. The van der Waals surface area contributed by atoms with Crippen molar-refractivity contribution in [2.45, 2.75) is 64.5 Å². The van der Waals surface area contributed by atoms with Gasteiger partial charge in [0, 0.05) is 31.6 Å². The van der Waals surface area contributed by atoms with E-state index in [1.165, 1.54) is 12.8 Å². The summed E-state index contributed by atoms with van der Waals surface area (Å²) >= 11 is 0. The first-order chi connectivity index (χ1) is 9.97. The van der Waals surface area contributed by atoms with Crippen molar-refractivity contribution in [1.29, 1.82) is 0 Å². The molecule has 5 heteroatoms. The average molecular weight is 295 g/mol. The number of hydrogen-bond acceptors (Lipinski definition) is 3. The van der Waals surface area contributed by atoms with Gasteiger partial charge in [0.05, 0.1) is 5.92 Å². The van der Waals surface area contributed by atoms with Gasteiger partial charge in [0.2, 0.25) is 11.8 Å². The third-order valence-corrected chi connectivity index (χ3v) is 4.85. The van der Waals surface area contributed by atoms with Gasteiger partial charge in [-0.25, -0.2) is 0 Å². The van der Waals surface area contributed by atoms with Gasteiger partial charge in [-0.05, 0) is 44.9 Å². The van der Waals surface area contributed by atoms with E-state index in [9.17, 15) is 9.59 Å². The van der Waals surface area contributed by atoms with E-state index in [1.807, 2.05) is 11.8 Å². The van der Waals surface area contributed by atoms with Crippen LogP contribution in [0.1, 0.15) is 52.4 Å². The first-order valence-corrected chi connectivity index (χ1v) is 8.30. The molecule has 0 bridgehead atoms. The van der Waals surface area contributed by atoms with Gasteiger partial charge < -0.3 is 16.0 Å². The van der Waals surface area contributed by atoms with Crippen LogP contribution in [-0.4, -0.2) is 41.9 Å². The lowest BCUT2D eigenvalue weighted by atomic mass is 9.87. The summed E-state index contributed by atoms with van der Waals surface area (Å²) in [6, 6.07) is 0.451. The van der Waals surface area contributed by atoms with Crippen LogP contribution in [-0.2, 0) is 9.59 Å². The zero-order chi connectivity index (χ0) is 15.4. The molecule has 2 atom stereocenters. The quantitative estimate of drug-likeness (QED) is 0.802. The highest BCUT2D eigenvalue weighted by Gasteiger charge is 2.38. The molecule has 120 valence electrons. The van der Waals surface area contributed by atoms with Crippen LogP contribution in [0.2, 0.25) is 0 Å². The van der Waals surface area contributed by atoms with Crippen molar-refractivity contribution < 1.29 is 9.59 Å². The van der Waals surface area contributed by atoms with Gasteiger partial charge in [-0.3, -0.25) is 9.59 Å². The number of hydrogen-bond donors (Lipinski definition) is 2. The predicted octanol–water partition coefficient (Wildman–Crippen LogP) is 1.27. The van der Waals surface area contributed by atoms with Crippen LogP contribution in [0.25, 0.3) is 0 Å². The molecule has 2 amide bonds. The minimum Gasteiger partial charge on any atom is -0.356 e. The third-order valence-electron chi connectivity index (χ3n) is 4.85. The molecule has 2 rings (SSSR count). The van der Waals surface area contributed by atoms with E-state index in [0.29, 0.717) is 25.6 Å². The summed E-state index contributed by atoms with van der Waals surface area (Å²) in [5.74, 6) is 0.763. The Morgan fingerprint density at radius 2 is 2.05 bits per heavy atom. The highest BCUT2D eigenvalue weighted by molar-refractivity contribution is 5.89. The maximum Gasteiger partial charge on any atom is 0.225 e. The highest BCUT2D eigenvalue weighted by Crippen LogP contribution is 2.31. The Balaban J connectivity index is 1.80. The number of amides is 2. The monoisotopic (exact) mass is 295 g/mol. The van der Waals surface area contributed by atoms with Gasteiger partial charge in [-0.15, -0.1) is 0 Å². The van der Waals surface area contributed by atoms with Crippen LogP contribution in [0.15, 0.2) is 0 Å². The molecule has 1 aliphatic carbocycles. The van der Waals surface area contributed by atoms with Gasteiger partial charge in [0.15, 0.2) is 0 Å². The molecule has 1 saturated heterocycles. The Labute approximate surface area is 127 Å². The maximum atomic E-state index is 12.2. The summed E-state index contributed by atoms with van der Waals surface area (Å²) in [5.41, 5.74) is 5.67. The van der Waals surface area contributed by atoms with Crippen molar-refractivity contribution in [2.75, 3.05) is 13.1 Å². The average Bonchev–Trinajstić information content (AvgIpc) is 2.81. The Morgan fingerprint density at radius 1 is 1.38 bits per heavy atom. The fourth-order valence-corrected chi connectivity index (χ4v) is 3.38. The van der Waals surface area contributed by atoms with Crippen LogP contribution in [0.5, 0.6) is 0 Å². The van der Waals surface area contributed by atoms with E-state index >= 15 is 0 Å². The molecule has 3 N–H and O–H groups in total. The molecule has 2 fully saturated rings. The van der Waals surface area contributed by atoms with Crippen LogP contribution < -0.4 is 11.1 Å². The summed E-state index contributed by atoms with van der Waals surface area (Å²) in [7, 11) is 0. The highest BCUT2D eigenvalue weighted by atomic mass is 16.2. The summed E-state index contributed by atoms with van der Waals surface area (Å²) in [4.78, 5) is 26.3. The summed E-state index contributed by atoms with van der Waals surface area (Å²) in [6.45, 7) is 5.40. The van der Waals surface area contributed by atoms with Crippen LogP contribution >= 0.6 is 0 Å². The van der Waals surface area contributed by atoms with E-state index < -0.39 is 0 Å². The summed E-state index contributed by atoms with van der Waals surface area (Å²) in [5, 5.41) is 2.91. The first kappa shape index (κ1) is 16.3. The van der Waals surface area contributed by atoms with Crippen molar-refractivity contribution in [1.82, 2.24) is 10.2 Å². The first-order valence-electron chi connectivity index (χ1n) is 8.30. The van der Waals surface area contributed by atoms with Crippen LogP contribution in [0, 0.1) is 11.8 Å². The van der Waals surface area contributed by atoms with Crippen molar-refractivity contribution in [3.63, 3.8) is 0 Å². The number of nitrogens with zero attached hydrogens (tertiary/aromatic N) is 1. The molecule has 0 aromatic rings. The van der Waals surface area contributed by atoms with Gasteiger partial charge >= 0.3 is 0 Å². The molecule has 1 heterocycles. The molecular weight excluding hydrogens is 266 g/mol. The molecule has 1 aliphatic heterocycles. The number of nitrogens with one attached hydrogen (secondary N) is 1. The van der Waals surface area contributed by atoms with Gasteiger partial charge in [-0.2, -0.15) is 0 Å². The lowest BCUT2D eigenvalue weighted by Gasteiger charge is -2.33. The maximum absolute atomic E-state index is 12.2. The Kier molecular flexibility index (Phi) is 5.62. The zero-order valence-corrected chi connectivity index (χ0v) is 13.3. The molecule has 0 aromatic heterocycles. The predicted molar refractivity (Wildman–Crippen MR) is 82.5 cm³/mol. The summed E-state index contributed by atoms with van der Waals surface area (Å²) in [6.07, 6.45) is 5.71. The SMILES string of the molecule is CC(N)CCNC(=O)C1CC(=O)N(C2CCC(C)CC2)C1. The van der Waals surface area contributed by atoms with E-state index in [1.54, 1.807) is 0 Å². The number of nitrogens with two attached hydrogens (primary N) is 1. The third kappa shape index (κ3) is 4.43. The number of rotatable bonds is 5. The second kappa shape index (κ2) is 7.25. The second-order valence-electron chi connectivity index (χ2n) is 6.92. The smallest absolute Gasteiger partial charge is 0.225 e.